The minimum atomic E-state index is -1.05. The third-order valence-electron chi connectivity index (χ3n) is 2.22. The van der Waals surface area contributed by atoms with Gasteiger partial charge in [-0.25, -0.2) is 0 Å². The summed E-state index contributed by atoms with van der Waals surface area (Å²) in [4.78, 5) is 33.2. The lowest BCUT2D eigenvalue weighted by Crippen LogP contribution is -2.47. The standard InChI is InChI=1S/C10H18N2O4/c1-3-8(13)7(5-11)12-10(16)6(2)4-9(14)15/h6-7H,3-5,11H2,1-2H3,(H,12,16)(H,14,15). The first-order valence-corrected chi connectivity index (χ1v) is 5.17. The minimum absolute atomic E-state index is 0.0260. The smallest absolute Gasteiger partial charge is 0.304 e. The van der Waals surface area contributed by atoms with Crippen molar-refractivity contribution in [2.24, 2.45) is 11.7 Å². The Labute approximate surface area is 94.2 Å². The first-order valence-electron chi connectivity index (χ1n) is 5.17. The molecule has 4 N–H and O–H groups in total. The van der Waals surface area contributed by atoms with E-state index in [1.807, 2.05) is 0 Å². The number of hydrogen-bond donors (Lipinski definition) is 3. The van der Waals surface area contributed by atoms with Crippen LogP contribution in [0, 0.1) is 5.92 Å². The predicted molar refractivity (Wildman–Crippen MR) is 57.7 cm³/mol. The lowest BCUT2D eigenvalue weighted by Gasteiger charge is -2.17. The second-order valence-corrected chi connectivity index (χ2v) is 3.62. The van der Waals surface area contributed by atoms with Crippen LogP contribution in [0.4, 0.5) is 0 Å². The molecule has 0 aliphatic heterocycles. The summed E-state index contributed by atoms with van der Waals surface area (Å²) < 4.78 is 0. The van der Waals surface area contributed by atoms with Crippen LogP contribution in [0.1, 0.15) is 26.7 Å². The molecule has 0 heterocycles. The van der Waals surface area contributed by atoms with Gasteiger partial charge < -0.3 is 16.2 Å². The van der Waals surface area contributed by atoms with Crippen LogP contribution in [0.3, 0.4) is 0 Å². The molecule has 0 aliphatic carbocycles. The molecule has 16 heavy (non-hydrogen) atoms. The van der Waals surface area contributed by atoms with Crippen molar-refractivity contribution < 1.29 is 19.5 Å². The van der Waals surface area contributed by atoms with E-state index in [2.05, 4.69) is 5.32 Å². The lowest BCUT2D eigenvalue weighted by molar-refractivity contribution is -0.141. The Morgan fingerprint density at radius 1 is 1.38 bits per heavy atom. The monoisotopic (exact) mass is 230 g/mol. The number of rotatable bonds is 7. The first-order chi connectivity index (χ1) is 7.42. The van der Waals surface area contributed by atoms with E-state index in [0.29, 0.717) is 0 Å². The van der Waals surface area contributed by atoms with Gasteiger partial charge in [0.05, 0.1) is 12.5 Å². The number of nitrogens with two attached hydrogens (primary N) is 1. The summed E-state index contributed by atoms with van der Waals surface area (Å²) >= 11 is 0. The van der Waals surface area contributed by atoms with E-state index >= 15 is 0 Å². The SMILES string of the molecule is CCC(=O)C(CN)NC(=O)C(C)CC(=O)O. The maximum absolute atomic E-state index is 11.5. The molecule has 6 nitrogen and oxygen atoms in total. The molecule has 2 atom stereocenters. The van der Waals surface area contributed by atoms with Gasteiger partial charge in [0.15, 0.2) is 5.78 Å². The topological polar surface area (TPSA) is 109 Å². The molecule has 0 aromatic rings. The largest absolute Gasteiger partial charge is 0.481 e. The molecular weight excluding hydrogens is 212 g/mol. The Hall–Kier alpha value is -1.43. The van der Waals surface area contributed by atoms with Crippen LogP contribution in [0.2, 0.25) is 0 Å². The van der Waals surface area contributed by atoms with E-state index in [9.17, 15) is 14.4 Å². The number of carboxylic acid groups (broad SMARTS) is 1. The summed E-state index contributed by atoms with van der Waals surface area (Å²) in [6, 6.07) is -0.714. The van der Waals surface area contributed by atoms with Gasteiger partial charge in [-0.05, 0) is 0 Å². The fourth-order valence-corrected chi connectivity index (χ4v) is 1.19. The molecule has 0 saturated heterocycles. The number of carbonyl (C=O) groups excluding carboxylic acids is 2. The molecule has 1 amide bonds. The molecule has 0 spiro atoms. The van der Waals surface area contributed by atoms with Gasteiger partial charge in [0.1, 0.15) is 0 Å². The fourth-order valence-electron chi connectivity index (χ4n) is 1.19. The number of hydrogen-bond acceptors (Lipinski definition) is 4. The van der Waals surface area contributed by atoms with Crippen molar-refractivity contribution in [2.75, 3.05) is 6.54 Å². The van der Waals surface area contributed by atoms with Gasteiger partial charge >= 0.3 is 5.97 Å². The Bertz CT molecular complexity index is 278. The highest BCUT2D eigenvalue weighted by Gasteiger charge is 2.22. The van der Waals surface area contributed by atoms with Crippen molar-refractivity contribution in [3.63, 3.8) is 0 Å². The lowest BCUT2D eigenvalue weighted by atomic mass is 10.1. The van der Waals surface area contributed by atoms with Crippen molar-refractivity contribution in [3.05, 3.63) is 0 Å². The van der Waals surface area contributed by atoms with Crippen LogP contribution < -0.4 is 11.1 Å². The molecule has 6 heteroatoms. The molecular formula is C10H18N2O4. The van der Waals surface area contributed by atoms with Crippen molar-refractivity contribution in [1.29, 1.82) is 0 Å². The van der Waals surface area contributed by atoms with Crippen molar-refractivity contribution in [2.45, 2.75) is 32.7 Å². The van der Waals surface area contributed by atoms with Gasteiger partial charge in [-0.3, -0.25) is 14.4 Å². The number of carbonyl (C=O) groups is 3. The highest BCUT2D eigenvalue weighted by atomic mass is 16.4. The molecule has 0 aromatic carbocycles. The van der Waals surface area contributed by atoms with Crippen molar-refractivity contribution in [1.82, 2.24) is 5.32 Å². The molecule has 0 aromatic heterocycles. The second kappa shape index (κ2) is 6.95. The van der Waals surface area contributed by atoms with Crippen LogP contribution in [0.5, 0.6) is 0 Å². The van der Waals surface area contributed by atoms with Gasteiger partial charge in [0, 0.05) is 18.9 Å². The summed E-state index contributed by atoms with van der Waals surface area (Å²) in [5.41, 5.74) is 5.35. The maximum atomic E-state index is 11.5. The zero-order valence-corrected chi connectivity index (χ0v) is 9.53. The quantitative estimate of drug-likeness (QED) is 0.547. The zero-order chi connectivity index (χ0) is 12.7. The van der Waals surface area contributed by atoms with Gasteiger partial charge in [-0.15, -0.1) is 0 Å². The number of Topliss-reactive ketones (excluding diaryl/α,β-unsaturated/α-hetero) is 1. The first kappa shape index (κ1) is 14.6. The van der Waals surface area contributed by atoms with E-state index in [1.165, 1.54) is 6.92 Å². The molecule has 0 bridgehead atoms. The number of carboxylic acids is 1. The molecule has 92 valence electrons. The van der Waals surface area contributed by atoms with Crippen LogP contribution in [-0.2, 0) is 14.4 Å². The summed E-state index contributed by atoms with van der Waals surface area (Å²) in [7, 11) is 0. The van der Waals surface area contributed by atoms with E-state index in [4.69, 9.17) is 10.8 Å². The van der Waals surface area contributed by atoms with E-state index in [0.717, 1.165) is 0 Å². The molecule has 0 saturated carbocycles. The Balaban J connectivity index is 4.29. The number of nitrogens with one attached hydrogen (secondary N) is 1. The summed E-state index contributed by atoms with van der Waals surface area (Å²) in [5, 5.41) is 11.0. The Morgan fingerprint density at radius 3 is 2.31 bits per heavy atom. The normalized spacial score (nSPS) is 13.9. The fraction of sp³-hybridized carbons (Fsp3) is 0.700. The molecule has 0 fully saturated rings. The van der Waals surface area contributed by atoms with Gasteiger partial charge in [0.2, 0.25) is 5.91 Å². The van der Waals surface area contributed by atoms with Crippen LogP contribution in [0.25, 0.3) is 0 Å². The third-order valence-corrected chi connectivity index (χ3v) is 2.22. The van der Waals surface area contributed by atoms with Crippen LogP contribution in [-0.4, -0.2) is 35.4 Å². The third kappa shape index (κ3) is 4.88. The Kier molecular flexibility index (Phi) is 6.32. The number of aliphatic carboxylic acids is 1. The average Bonchev–Trinajstić information content (AvgIpc) is 2.23. The molecule has 0 aliphatic rings. The molecule has 0 rings (SSSR count). The van der Waals surface area contributed by atoms with Crippen LogP contribution in [0.15, 0.2) is 0 Å². The second-order valence-electron chi connectivity index (χ2n) is 3.62. The summed E-state index contributed by atoms with van der Waals surface area (Å²) in [6.07, 6.45) is 0.0267. The van der Waals surface area contributed by atoms with Gasteiger partial charge in [0.25, 0.3) is 0 Å². The number of amides is 1. The van der Waals surface area contributed by atoms with Crippen molar-refractivity contribution >= 4 is 17.7 Å². The molecule has 0 radical (unpaired) electrons. The maximum Gasteiger partial charge on any atom is 0.304 e. The average molecular weight is 230 g/mol. The van der Waals surface area contributed by atoms with Crippen molar-refractivity contribution in [3.8, 4) is 0 Å². The predicted octanol–water partition coefficient (Wildman–Crippen LogP) is -0.480. The summed E-state index contributed by atoms with van der Waals surface area (Å²) in [5.74, 6) is -2.33. The van der Waals surface area contributed by atoms with Crippen LogP contribution >= 0.6 is 0 Å². The van der Waals surface area contributed by atoms with E-state index < -0.39 is 23.8 Å². The van der Waals surface area contributed by atoms with E-state index in [-0.39, 0.29) is 25.2 Å². The highest BCUT2D eigenvalue weighted by Crippen LogP contribution is 2.02. The highest BCUT2D eigenvalue weighted by molar-refractivity contribution is 5.90. The zero-order valence-electron chi connectivity index (χ0n) is 9.53. The minimum Gasteiger partial charge on any atom is -0.481 e. The van der Waals surface area contributed by atoms with E-state index in [1.54, 1.807) is 6.92 Å². The Morgan fingerprint density at radius 2 is 1.94 bits per heavy atom. The van der Waals surface area contributed by atoms with Gasteiger partial charge in [-0.2, -0.15) is 0 Å². The van der Waals surface area contributed by atoms with Gasteiger partial charge in [-0.1, -0.05) is 13.8 Å². The summed E-state index contributed by atoms with van der Waals surface area (Å²) in [6.45, 7) is 3.20. The number of ketones is 1. The molecule has 2 unspecified atom stereocenters.